The number of unbranched alkanes of at least 4 members (excludes halogenated alkanes) is 1. The number of methoxy groups -OCH3 is 1. The number of carbonyl (C=O) groups is 1. The zero-order chi connectivity index (χ0) is 27.8. The van der Waals surface area contributed by atoms with E-state index < -0.39 is 10.0 Å². The van der Waals surface area contributed by atoms with E-state index in [0.29, 0.717) is 43.0 Å². The van der Waals surface area contributed by atoms with E-state index in [4.69, 9.17) is 11.2 Å². The molecule has 0 unspecified atom stereocenters. The number of anilines is 2. The molecule has 0 aromatic heterocycles. The highest BCUT2D eigenvalue weighted by Gasteiger charge is 2.26. The summed E-state index contributed by atoms with van der Waals surface area (Å²) in [6.07, 6.45) is 8.94. The smallest absolute Gasteiger partial charge is 0.261 e. The van der Waals surface area contributed by atoms with Crippen LogP contribution in [-0.2, 0) is 22.9 Å². The van der Waals surface area contributed by atoms with Crippen LogP contribution in [0.3, 0.4) is 0 Å². The van der Waals surface area contributed by atoms with Gasteiger partial charge >= 0.3 is 0 Å². The number of carbonyl (C=O) groups excluding carboxylic acids is 1. The summed E-state index contributed by atoms with van der Waals surface area (Å²) in [4.78, 5) is 17.6. The number of nitrogens with one attached hydrogen (secondary N) is 1. The fourth-order valence-electron chi connectivity index (χ4n) is 4.73. The molecule has 4 rings (SSSR count). The predicted molar refractivity (Wildman–Crippen MR) is 156 cm³/mol. The molecule has 1 saturated heterocycles. The highest BCUT2D eigenvalue weighted by atomic mass is 32.2. The van der Waals surface area contributed by atoms with Crippen LogP contribution in [0.15, 0.2) is 71.6 Å². The zero-order valence-electron chi connectivity index (χ0n) is 22.5. The highest BCUT2D eigenvalue weighted by Crippen LogP contribution is 2.29. The number of sulfonamides is 1. The van der Waals surface area contributed by atoms with Crippen LogP contribution < -0.4 is 14.4 Å². The maximum Gasteiger partial charge on any atom is 0.261 e. The van der Waals surface area contributed by atoms with Gasteiger partial charge in [0.05, 0.1) is 17.7 Å². The average Bonchev–Trinajstić information content (AvgIpc) is 2.96. The first kappa shape index (κ1) is 28.1. The van der Waals surface area contributed by atoms with E-state index >= 15 is 0 Å². The van der Waals surface area contributed by atoms with Crippen molar-refractivity contribution in [1.82, 2.24) is 4.90 Å². The molecule has 0 spiro atoms. The van der Waals surface area contributed by atoms with Crippen molar-refractivity contribution >= 4 is 27.3 Å². The Labute approximate surface area is 231 Å². The Morgan fingerprint density at radius 3 is 2.41 bits per heavy atom. The number of hydrogen-bond acceptors (Lipinski definition) is 5. The van der Waals surface area contributed by atoms with E-state index in [0.717, 1.165) is 36.3 Å². The van der Waals surface area contributed by atoms with Crippen molar-refractivity contribution in [1.29, 1.82) is 0 Å². The molecule has 3 aromatic rings. The van der Waals surface area contributed by atoms with Crippen molar-refractivity contribution in [2.24, 2.45) is 0 Å². The van der Waals surface area contributed by atoms with Crippen LogP contribution in [0, 0.1) is 12.3 Å². The van der Waals surface area contributed by atoms with Crippen LogP contribution >= 0.6 is 0 Å². The quantitative estimate of drug-likeness (QED) is 0.364. The topological polar surface area (TPSA) is 79.0 Å². The molecule has 0 saturated carbocycles. The van der Waals surface area contributed by atoms with Crippen molar-refractivity contribution in [3.63, 3.8) is 0 Å². The van der Waals surface area contributed by atoms with Gasteiger partial charge in [0.2, 0.25) is 0 Å². The number of aryl methyl sites for hydroxylation is 1. The van der Waals surface area contributed by atoms with Gasteiger partial charge in [-0.25, -0.2) is 8.42 Å². The third-order valence-corrected chi connectivity index (χ3v) is 8.31. The summed E-state index contributed by atoms with van der Waals surface area (Å²) in [5.74, 6) is 3.15. The van der Waals surface area contributed by atoms with E-state index in [1.807, 2.05) is 36.4 Å². The van der Waals surface area contributed by atoms with Gasteiger partial charge in [-0.2, -0.15) is 0 Å². The fourth-order valence-corrected chi connectivity index (χ4v) is 5.82. The monoisotopic (exact) mass is 545 g/mol. The van der Waals surface area contributed by atoms with E-state index in [1.165, 1.54) is 12.1 Å². The molecule has 1 fully saturated rings. The number of para-hydroxylation sites is 2. The molecule has 1 N–H and O–H groups in total. The second kappa shape index (κ2) is 12.7. The predicted octanol–water partition coefficient (Wildman–Crippen LogP) is 4.98. The van der Waals surface area contributed by atoms with E-state index in [-0.39, 0.29) is 17.2 Å². The van der Waals surface area contributed by atoms with Crippen LogP contribution in [-0.4, -0.2) is 52.5 Å². The number of piperazine rings is 1. The minimum Gasteiger partial charge on any atom is -0.495 e. The lowest BCUT2D eigenvalue weighted by atomic mass is 10.0. The lowest BCUT2D eigenvalue weighted by Crippen LogP contribution is -2.49. The van der Waals surface area contributed by atoms with E-state index in [1.54, 1.807) is 30.2 Å². The molecule has 0 aliphatic carbocycles. The van der Waals surface area contributed by atoms with Gasteiger partial charge in [-0.1, -0.05) is 43.7 Å². The Morgan fingerprint density at radius 1 is 1.03 bits per heavy atom. The normalized spacial score (nSPS) is 13.6. The number of rotatable bonds is 10. The number of terminal acetylenes is 1. The first-order valence-corrected chi connectivity index (χ1v) is 14.7. The van der Waals surface area contributed by atoms with Crippen LogP contribution in [0.2, 0.25) is 0 Å². The minimum absolute atomic E-state index is 0.0225. The Kier molecular flexibility index (Phi) is 9.15. The van der Waals surface area contributed by atoms with Crippen molar-refractivity contribution < 1.29 is 17.9 Å². The standard InChI is InChI=1S/C31H35N3O4S/c1-4-6-10-24-13-16-26(17-14-24)32-39(36,37)27-18-15-25(9-5-2)28(23-27)31(35)34-21-19-33(20-22-34)29-11-7-8-12-30(29)38-3/h2,7-8,11-18,23,32H,4,6,9-10,19-22H2,1,3H3. The number of benzene rings is 3. The Bertz CT molecular complexity index is 1440. The first-order chi connectivity index (χ1) is 18.9. The summed E-state index contributed by atoms with van der Waals surface area (Å²) < 4.78 is 34.6. The van der Waals surface area contributed by atoms with E-state index in [9.17, 15) is 13.2 Å². The molecule has 3 aromatic carbocycles. The van der Waals surface area contributed by atoms with Crippen LogP contribution in [0.25, 0.3) is 0 Å². The molecule has 1 aliphatic rings. The summed E-state index contributed by atoms with van der Waals surface area (Å²) in [5, 5.41) is 0. The molecular weight excluding hydrogens is 510 g/mol. The summed E-state index contributed by atoms with van der Waals surface area (Å²) in [6, 6.07) is 19.8. The first-order valence-electron chi connectivity index (χ1n) is 13.2. The molecule has 1 amide bonds. The van der Waals surface area contributed by atoms with Gasteiger partial charge < -0.3 is 14.5 Å². The zero-order valence-corrected chi connectivity index (χ0v) is 23.3. The number of nitrogens with zero attached hydrogens (tertiary/aromatic N) is 2. The number of amides is 1. The minimum atomic E-state index is -3.91. The number of hydrogen-bond donors (Lipinski definition) is 1. The second-order valence-corrected chi connectivity index (χ2v) is 11.2. The lowest BCUT2D eigenvalue weighted by Gasteiger charge is -2.37. The molecule has 1 heterocycles. The van der Waals surface area contributed by atoms with Crippen molar-refractivity contribution in [2.45, 2.75) is 37.5 Å². The summed E-state index contributed by atoms with van der Waals surface area (Å²) >= 11 is 0. The van der Waals surface area contributed by atoms with Crippen molar-refractivity contribution in [3.05, 3.63) is 83.4 Å². The van der Waals surface area contributed by atoms with Crippen molar-refractivity contribution in [2.75, 3.05) is 42.9 Å². The lowest BCUT2D eigenvalue weighted by molar-refractivity contribution is 0.0745. The van der Waals surface area contributed by atoms with Gasteiger partial charge in [-0.05, 0) is 60.4 Å². The molecule has 8 heteroatoms. The molecule has 0 bridgehead atoms. The Morgan fingerprint density at radius 2 is 1.74 bits per heavy atom. The van der Waals surface area contributed by atoms with Crippen LogP contribution in [0.5, 0.6) is 5.75 Å². The molecule has 0 atom stereocenters. The van der Waals surface area contributed by atoms with Gasteiger partial charge in [0, 0.05) is 43.9 Å². The molecule has 0 radical (unpaired) electrons. The Balaban J connectivity index is 1.51. The van der Waals surface area contributed by atoms with Crippen LogP contribution in [0.4, 0.5) is 11.4 Å². The Hall–Kier alpha value is -3.96. The van der Waals surface area contributed by atoms with E-state index in [2.05, 4.69) is 22.5 Å². The maximum atomic E-state index is 13.6. The van der Waals surface area contributed by atoms with Crippen molar-refractivity contribution in [3.8, 4) is 18.1 Å². The molecule has 1 aliphatic heterocycles. The van der Waals surface area contributed by atoms with Gasteiger partial charge in [0.15, 0.2) is 0 Å². The number of ether oxygens (including phenoxy) is 1. The average molecular weight is 546 g/mol. The summed E-state index contributed by atoms with van der Waals surface area (Å²) in [6.45, 7) is 4.38. The third-order valence-electron chi connectivity index (χ3n) is 6.93. The summed E-state index contributed by atoms with van der Waals surface area (Å²) in [7, 11) is -2.27. The van der Waals surface area contributed by atoms with Crippen LogP contribution in [0.1, 0.15) is 41.3 Å². The molecular formula is C31H35N3O4S. The largest absolute Gasteiger partial charge is 0.495 e. The van der Waals surface area contributed by atoms with Gasteiger partial charge in [-0.15, -0.1) is 12.3 Å². The molecule has 7 nitrogen and oxygen atoms in total. The molecule has 39 heavy (non-hydrogen) atoms. The van der Waals surface area contributed by atoms with Gasteiger partial charge in [0.25, 0.3) is 15.9 Å². The fraction of sp³-hybridized carbons (Fsp3) is 0.323. The van der Waals surface area contributed by atoms with Gasteiger partial charge in [-0.3, -0.25) is 9.52 Å². The molecule has 204 valence electrons. The second-order valence-electron chi connectivity index (χ2n) is 9.56. The maximum absolute atomic E-state index is 13.6. The summed E-state index contributed by atoms with van der Waals surface area (Å²) in [5.41, 5.74) is 3.57. The highest BCUT2D eigenvalue weighted by molar-refractivity contribution is 7.92. The van der Waals surface area contributed by atoms with Gasteiger partial charge in [0.1, 0.15) is 5.75 Å². The third kappa shape index (κ3) is 6.73. The SMILES string of the molecule is C#CCc1ccc(S(=O)(=O)Nc2ccc(CCCC)cc2)cc1C(=O)N1CCN(c2ccccc2OC)CC1.